The molecule has 0 aliphatic heterocycles. The van der Waals surface area contributed by atoms with Crippen molar-refractivity contribution in [2.45, 2.75) is 24.2 Å². The van der Waals surface area contributed by atoms with Gasteiger partial charge < -0.3 is 5.73 Å². The van der Waals surface area contributed by atoms with Crippen LogP contribution in [-0.4, -0.2) is 14.2 Å². The van der Waals surface area contributed by atoms with Crippen LogP contribution in [-0.2, 0) is 9.84 Å². The molecule has 2 N–H and O–H groups in total. The molecule has 4 nitrogen and oxygen atoms in total. The van der Waals surface area contributed by atoms with Gasteiger partial charge in [-0.25, -0.2) is 12.8 Å². The van der Waals surface area contributed by atoms with E-state index < -0.39 is 15.7 Å². The highest BCUT2D eigenvalue weighted by Gasteiger charge is 2.15. The minimum absolute atomic E-state index is 0.0684. The third-order valence-electron chi connectivity index (χ3n) is 2.28. The Labute approximate surface area is 99.8 Å². The van der Waals surface area contributed by atoms with Crippen molar-refractivity contribution in [1.82, 2.24) is 0 Å². The van der Waals surface area contributed by atoms with Crippen LogP contribution in [0.1, 0.15) is 19.3 Å². The van der Waals surface area contributed by atoms with Crippen molar-refractivity contribution in [3.63, 3.8) is 0 Å². The maximum Gasteiger partial charge on any atom is 0.178 e. The zero-order chi connectivity index (χ0) is 12.9. The van der Waals surface area contributed by atoms with Gasteiger partial charge in [0.05, 0.1) is 22.4 Å². The lowest BCUT2D eigenvalue weighted by Gasteiger charge is -2.04. The SMILES string of the molecule is N#CCCCCS(=O)(=O)c1ccc(N)c(F)c1. The highest BCUT2D eigenvalue weighted by atomic mass is 32.2. The molecule has 0 heterocycles. The van der Waals surface area contributed by atoms with Gasteiger partial charge in [-0.15, -0.1) is 0 Å². The number of nitrogen functional groups attached to an aromatic ring is 1. The van der Waals surface area contributed by atoms with Crippen LogP contribution < -0.4 is 5.73 Å². The Kier molecular flexibility index (Phi) is 4.46. The Morgan fingerprint density at radius 3 is 2.65 bits per heavy atom. The smallest absolute Gasteiger partial charge is 0.178 e. The van der Waals surface area contributed by atoms with E-state index in [0.717, 1.165) is 6.07 Å². The van der Waals surface area contributed by atoms with E-state index in [9.17, 15) is 12.8 Å². The van der Waals surface area contributed by atoms with Gasteiger partial charge in [-0.3, -0.25) is 0 Å². The number of unbranched alkanes of at least 4 members (excludes halogenated alkanes) is 2. The lowest BCUT2D eigenvalue weighted by Crippen LogP contribution is -2.07. The zero-order valence-electron chi connectivity index (χ0n) is 9.19. The molecule has 1 rings (SSSR count). The quantitative estimate of drug-likeness (QED) is 0.644. The van der Waals surface area contributed by atoms with Crippen molar-refractivity contribution >= 4 is 15.5 Å². The Morgan fingerprint density at radius 2 is 2.06 bits per heavy atom. The van der Waals surface area contributed by atoms with Crippen LogP contribution in [0, 0.1) is 17.1 Å². The van der Waals surface area contributed by atoms with Crippen molar-refractivity contribution < 1.29 is 12.8 Å². The fourth-order valence-electron chi connectivity index (χ4n) is 1.32. The fourth-order valence-corrected chi connectivity index (χ4v) is 2.69. The number of hydrogen-bond acceptors (Lipinski definition) is 4. The number of rotatable bonds is 5. The molecule has 0 aromatic heterocycles. The predicted molar refractivity (Wildman–Crippen MR) is 62.3 cm³/mol. The van der Waals surface area contributed by atoms with Crippen LogP contribution in [0.15, 0.2) is 23.1 Å². The monoisotopic (exact) mass is 256 g/mol. The second kappa shape index (κ2) is 5.64. The molecule has 0 bridgehead atoms. The molecule has 1 aromatic carbocycles. The number of anilines is 1. The molecule has 6 heteroatoms. The van der Waals surface area contributed by atoms with Crippen molar-refractivity contribution in [3.05, 3.63) is 24.0 Å². The van der Waals surface area contributed by atoms with E-state index in [0.29, 0.717) is 19.3 Å². The van der Waals surface area contributed by atoms with Gasteiger partial charge in [-0.2, -0.15) is 5.26 Å². The van der Waals surface area contributed by atoms with Gasteiger partial charge in [0.2, 0.25) is 0 Å². The summed E-state index contributed by atoms with van der Waals surface area (Å²) >= 11 is 0. The summed E-state index contributed by atoms with van der Waals surface area (Å²) in [7, 11) is -3.48. The van der Waals surface area contributed by atoms with Gasteiger partial charge in [-0.1, -0.05) is 0 Å². The summed E-state index contributed by atoms with van der Waals surface area (Å²) in [5.41, 5.74) is 5.19. The summed E-state index contributed by atoms with van der Waals surface area (Å²) in [5.74, 6) is -0.819. The third kappa shape index (κ3) is 3.71. The maximum atomic E-state index is 13.1. The number of nitriles is 1. The van der Waals surface area contributed by atoms with Crippen molar-refractivity contribution in [3.8, 4) is 6.07 Å². The molecular formula is C11H13FN2O2S. The average Bonchev–Trinajstić information content (AvgIpc) is 2.28. The summed E-state index contributed by atoms with van der Waals surface area (Å²) in [4.78, 5) is -0.0684. The molecule has 0 aliphatic carbocycles. The summed E-state index contributed by atoms with van der Waals surface area (Å²) in [6, 6.07) is 5.39. The molecule has 1 aromatic rings. The van der Waals surface area contributed by atoms with E-state index >= 15 is 0 Å². The first-order chi connectivity index (χ1) is 7.97. The minimum atomic E-state index is -3.48. The van der Waals surface area contributed by atoms with Gasteiger partial charge in [0.15, 0.2) is 9.84 Å². The molecule has 0 saturated heterocycles. The first kappa shape index (κ1) is 13.5. The van der Waals surface area contributed by atoms with E-state index in [1.807, 2.05) is 6.07 Å². The van der Waals surface area contributed by atoms with E-state index in [2.05, 4.69) is 0 Å². The molecule has 0 spiro atoms. The van der Waals surface area contributed by atoms with E-state index in [-0.39, 0.29) is 16.3 Å². The third-order valence-corrected chi connectivity index (χ3v) is 4.08. The van der Waals surface area contributed by atoms with Crippen LogP contribution in [0.4, 0.5) is 10.1 Å². The van der Waals surface area contributed by atoms with Crippen LogP contribution in [0.2, 0.25) is 0 Å². The predicted octanol–water partition coefficient (Wildman–Crippen LogP) is 1.88. The van der Waals surface area contributed by atoms with Crippen molar-refractivity contribution in [1.29, 1.82) is 5.26 Å². The second-order valence-corrected chi connectivity index (χ2v) is 5.73. The van der Waals surface area contributed by atoms with Crippen LogP contribution >= 0.6 is 0 Å². The molecule has 0 atom stereocenters. The normalized spacial score (nSPS) is 11.1. The van der Waals surface area contributed by atoms with Gasteiger partial charge in [0.25, 0.3) is 0 Å². The molecule has 17 heavy (non-hydrogen) atoms. The molecule has 0 amide bonds. The molecule has 0 fully saturated rings. The summed E-state index contributed by atoms with van der Waals surface area (Å²) in [6.07, 6.45) is 1.24. The second-order valence-electron chi connectivity index (χ2n) is 3.62. The Morgan fingerprint density at radius 1 is 1.35 bits per heavy atom. The van der Waals surface area contributed by atoms with Crippen LogP contribution in [0.5, 0.6) is 0 Å². The highest BCUT2D eigenvalue weighted by Crippen LogP contribution is 2.18. The van der Waals surface area contributed by atoms with Gasteiger partial charge in [0, 0.05) is 6.42 Å². The largest absolute Gasteiger partial charge is 0.396 e. The Balaban J connectivity index is 2.76. The summed E-state index contributed by atoms with van der Waals surface area (Å²) in [5, 5.41) is 8.32. The van der Waals surface area contributed by atoms with E-state index in [1.165, 1.54) is 12.1 Å². The standard InChI is InChI=1S/C11H13FN2O2S/c12-10-8-9(4-5-11(10)14)17(15,16)7-3-1-2-6-13/h4-5,8H,1-3,7,14H2. The van der Waals surface area contributed by atoms with Gasteiger partial charge >= 0.3 is 0 Å². The average molecular weight is 256 g/mol. The molecular weight excluding hydrogens is 243 g/mol. The number of halogens is 1. The Hall–Kier alpha value is -1.61. The topological polar surface area (TPSA) is 84.0 Å². The van der Waals surface area contributed by atoms with Crippen molar-refractivity contribution in [2.75, 3.05) is 11.5 Å². The van der Waals surface area contributed by atoms with Gasteiger partial charge in [-0.05, 0) is 31.0 Å². The lowest BCUT2D eigenvalue weighted by atomic mass is 10.3. The van der Waals surface area contributed by atoms with Crippen LogP contribution in [0.3, 0.4) is 0 Å². The zero-order valence-corrected chi connectivity index (χ0v) is 10.0. The van der Waals surface area contributed by atoms with Crippen molar-refractivity contribution in [2.24, 2.45) is 0 Å². The molecule has 0 saturated carbocycles. The van der Waals surface area contributed by atoms with E-state index in [4.69, 9.17) is 11.0 Å². The van der Waals surface area contributed by atoms with E-state index in [1.54, 1.807) is 0 Å². The molecule has 92 valence electrons. The highest BCUT2D eigenvalue weighted by molar-refractivity contribution is 7.91. The molecule has 0 aliphatic rings. The molecule has 0 unspecified atom stereocenters. The lowest BCUT2D eigenvalue weighted by molar-refractivity contribution is 0.588. The fraction of sp³-hybridized carbons (Fsp3) is 0.364. The number of benzene rings is 1. The Bertz CT molecular complexity index is 535. The van der Waals surface area contributed by atoms with Crippen LogP contribution in [0.25, 0.3) is 0 Å². The molecule has 0 radical (unpaired) electrons. The first-order valence-electron chi connectivity index (χ1n) is 5.12. The number of nitrogens with two attached hydrogens (primary N) is 1. The maximum absolute atomic E-state index is 13.1. The van der Waals surface area contributed by atoms with Gasteiger partial charge in [0.1, 0.15) is 5.82 Å². The number of sulfone groups is 1. The summed E-state index contributed by atoms with van der Waals surface area (Å²) < 4.78 is 36.7. The number of hydrogen-bond donors (Lipinski definition) is 1. The minimum Gasteiger partial charge on any atom is -0.396 e. The first-order valence-corrected chi connectivity index (χ1v) is 6.77. The number of nitrogens with zero attached hydrogens (tertiary/aromatic N) is 1. The summed E-state index contributed by atoms with van der Waals surface area (Å²) in [6.45, 7) is 0.